The first-order chi connectivity index (χ1) is 9.76. The van der Waals surface area contributed by atoms with E-state index in [1.807, 2.05) is 0 Å². The van der Waals surface area contributed by atoms with Gasteiger partial charge in [-0.25, -0.2) is 10.2 Å². The molecule has 0 aliphatic carbocycles. The van der Waals surface area contributed by atoms with E-state index in [9.17, 15) is 4.79 Å². The van der Waals surface area contributed by atoms with E-state index >= 15 is 0 Å². The van der Waals surface area contributed by atoms with Crippen molar-refractivity contribution in [2.75, 3.05) is 14.2 Å². The second kappa shape index (κ2) is 7.31. The highest BCUT2D eigenvalue weighted by Gasteiger charge is 2.15. The number of hydrazone groups is 1. The van der Waals surface area contributed by atoms with Crippen LogP contribution in [-0.2, 0) is 4.74 Å². The second-order valence-corrected chi connectivity index (χ2v) is 5.96. The quantitative estimate of drug-likeness (QED) is 0.661. The normalized spacial score (nSPS) is 11.3. The zero-order chi connectivity index (χ0) is 16.0. The smallest absolute Gasteiger partial charge is 0.428 e. The van der Waals surface area contributed by atoms with Crippen molar-refractivity contribution < 1.29 is 19.0 Å². The highest BCUT2D eigenvalue weighted by atomic mass is 79.9. The van der Waals surface area contributed by atoms with Crippen LogP contribution in [0.15, 0.2) is 21.7 Å². The van der Waals surface area contributed by atoms with Crippen molar-refractivity contribution in [1.82, 2.24) is 5.43 Å². The third-order valence-corrected chi connectivity index (χ3v) is 2.81. The van der Waals surface area contributed by atoms with Crippen molar-refractivity contribution in [3.05, 3.63) is 22.2 Å². The fourth-order valence-corrected chi connectivity index (χ4v) is 2.09. The van der Waals surface area contributed by atoms with Gasteiger partial charge in [0.1, 0.15) is 5.60 Å². The molecule has 6 nitrogen and oxygen atoms in total. The number of nitrogens with zero attached hydrogens (tertiary/aromatic N) is 1. The van der Waals surface area contributed by atoms with Gasteiger partial charge in [0.15, 0.2) is 11.5 Å². The molecule has 0 bridgehead atoms. The zero-order valence-corrected chi connectivity index (χ0v) is 14.3. The first-order valence-electron chi connectivity index (χ1n) is 6.20. The summed E-state index contributed by atoms with van der Waals surface area (Å²) in [5, 5.41) is 3.83. The van der Waals surface area contributed by atoms with E-state index in [4.69, 9.17) is 14.2 Å². The molecule has 116 valence electrons. The number of hydrogen-bond donors (Lipinski definition) is 1. The Labute approximate surface area is 132 Å². The molecule has 0 radical (unpaired) electrons. The second-order valence-electron chi connectivity index (χ2n) is 5.11. The Kier molecular flexibility index (Phi) is 6.02. The minimum Gasteiger partial charge on any atom is -0.493 e. The van der Waals surface area contributed by atoms with Crippen LogP contribution in [0.25, 0.3) is 0 Å². The van der Waals surface area contributed by atoms with Gasteiger partial charge in [-0.05, 0) is 54.4 Å². The van der Waals surface area contributed by atoms with Crippen molar-refractivity contribution in [3.8, 4) is 11.5 Å². The number of amides is 1. The molecule has 0 fully saturated rings. The fourth-order valence-electron chi connectivity index (χ4n) is 1.47. The molecule has 0 unspecified atom stereocenters. The number of ether oxygens (including phenoxy) is 3. The van der Waals surface area contributed by atoms with Crippen molar-refractivity contribution in [3.63, 3.8) is 0 Å². The molecular formula is C14H19BrN2O4. The Morgan fingerprint density at radius 1 is 1.29 bits per heavy atom. The first kappa shape index (κ1) is 17.3. The van der Waals surface area contributed by atoms with Crippen LogP contribution in [0.1, 0.15) is 26.3 Å². The van der Waals surface area contributed by atoms with Gasteiger partial charge < -0.3 is 14.2 Å². The topological polar surface area (TPSA) is 69.2 Å². The molecule has 0 saturated carbocycles. The third kappa shape index (κ3) is 5.63. The summed E-state index contributed by atoms with van der Waals surface area (Å²) < 4.78 is 16.2. The van der Waals surface area contributed by atoms with Gasteiger partial charge in [0.05, 0.1) is 24.9 Å². The van der Waals surface area contributed by atoms with Gasteiger partial charge >= 0.3 is 6.09 Å². The number of halogens is 1. The van der Waals surface area contributed by atoms with E-state index in [1.54, 1.807) is 47.1 Å². The van der Waals surface area contributed by atoms with E-state index in [0.29, 0.717) is 11.5 Å². The number of carbonyl (C=O) groups is 1. The zero-order valence-electron chi connectivity index (χ0n) is 12.7. The fraction of sp³-hybridized carbons (Fsp3) is 0.429. The van der Waals surface area contributed by atoms with Crippen LogP contribution >= 0.6 is 15.9 Å². The van der Waals surface area contributed by atoms with Gasteiger partial charge in [-0.3, -0.25) is 0 Å². The maximum Gasteiger partial charge on any atom is 0.428 e. The maximum atomic E-state index is 11.4. The SMILES string of the molecule is COc1cc(C=NNC(=O)OC(C)(C)C)cc(Br)c1OC. The van der Waals surface area contributed by atoms with E-state index in [0.717, 1.165) is 10.0 Å². The number of methoxy groups -OCH3 is 2. The van der Waals surface area contributed by atoms with Crippen LogP contribution in [-0.4, -0.2) is 32.1 Å². The Balaban J connectivity index is 2.77. The summed E-state index contributed by atoms with van der Waals surface area (Å²) >= 11 is 3.38. The molecule has 21 heavy (non-hydrogen) atoms. The highest BCUT2D eigenvalue weighted by Crippen LogP contribution is 2.35. The van der Waals surface area contributed by atoms with Crippen LogP contribution in [0.5, 0.6) is 11.5 Å². The van der Waals surface area contributed by atoms with Crippen molar-refractivity contribution in [1.29, 1.82) is 0 Å². The van der Waals surface area contributed by atoms with Gasteiger partial charge in [-0.15, -0.1) is 0 Å². The monoisotopic (exact) mass is 358 g/mol. The van der Waals surface area contributed by atoms with Crippen molar-refractivity contribution in [2.24, 2.45) is 5.10 Å². The number of nitrogens with one attached hydrogen (secondary N) is 1. The van der Waals surface area contributed by atoms with Crippen molar-refractivity contribution >= 4 is 28.2 Å². The Morgan fingerprint density at radius 3 is 2.48 bits per heavy atom. The molecule has 1 rings (SSSR count). The van der Waals surface area contributed by atoms with Crippen LogP contribution in [0, 0.1) is 0 Å². The van der Waals surface area contributed by atoms with Crippen LogP contribution in [0.3, 0.4) is 0 Å². The Bertz CT molecular complexity index is 539. The lowest BCUT2D eigenvalue weighted by molar-refractivity contribution is 0.0529. The predicted octanol–water partition coefficient (Wildman–Crippen LogP) is 3.32. The summed E-state index contributed by atoms with van der Waals surface area (Å²) in [6.07, 6.45) is 0.870. The van der Waals surface area contributed by atoms with Crippen molar-refractivity contribution in [2.45, 2.75) is 26.4 Å². The maximum absolute atomic E-state index is 11.4. The molecule has 0 spiro atoms. The number of benzene rings is 1. The molecular weight excluding hydrogens is 340 g/mol. The third-order valence-electron chi connectivity index (χ3n) is 2.22. The predicted molar refractivity (Wildman–Crippen MR) is 84.2 cm³/mol. The Hall–Kier alpha value is -1.76. The summed E-state index contributed by atoms with van der Waals surface area (Å²) in [6.45, 7) is 5.34. The van der Waals surface area contributed by atoms with Gasteiger partial charge in [0.25, 0.3) is 0 Å². The molecule has 0 saturated heterocycles. The summed E-state index contributed by atoms with van der Waals surface area (Å²) in [5.41, 5.74) is 2.46. The average Bonchev–Trinajstić information content (AvgIpc) is 2.35. The number of rotatable bonds is 4. The first-order valence-corrected chi connectivity index (χ1v) is 6.99. The summed E-state index contributed by atoms with van der Waals surface area (Å²) in [7, 11) is 3.10. The van der Waals surface area contributed by atoms with E-state index in [2.05, 4.69) is 26.5 Å². The molecule has 0 heterocycles. The molecule has 1 aromatic rings. The number of hydrogen-bond acceptors (Lipinski definition) is 5. The summed E-state index contributed by atoms with van der Waals surface area (Å²) in [6, 6.07) is 3.53. The van der Waals surface area contributed by atoms with Crippen LogP contribution < -0.4 is 14.9 Å². The van der Waals surface area contributed by atoms with Crippen LogP contribution in [0.4, 0.5) is 4.79 Å². The van der Waals surface area contributed by atoms with Gasteiger partial charge in [0.2, 0.25) is 0 Å². The lowest BCUT2D eigenvalue weighted by Crippen LogP contribution is -2.29. The molecule has 1 amide bonds. The molecule has 0 aliphatic rings. The standard InChI is InChI=1S/C14H19BrN2O4/c1-14(2,3)21-13(18)17-16-8-9-6-10(15)12(20-5)11(7-9)19-4/h6-8H,1-5H3,(H,17,18). The minimum atomic E-state index is -0.613. The molecule has 0 aliphatic heterocycles. The lowest BCUT2D eigenvalue weighted by atomic mass is 10.2. The molecule has 0 atom stereocenters. The molecule has 7 heteroatoms. The summed E-state index contributed by atoms with van der Waals surface area (Å²) in [4.78, 5) is 11.4. The van der Waals surface area contributed by atoms with E-state index in [-0.39, 0.29) is 0 Å². The summed E-state index contributed by atoms with van der Waals surface area (Å²) in [5.74, 6) is 1.15. The van der Waals surface area contributed by atoms with Gasteiger partial charge in [-0.2, -0.15) is 5.10 Å². The van der Waals surface area contributed by atoms with Gasteiger partial charge in [-0.1, -0.05) is 0 Å². The molecule has 1 aromatic carbocycles. The lowest BCUT2D eigenvalue weighted by Gasteiger charge is -2.18. The van der Waals surface area contributed by atoms with E-state index < -0.39 is 11.7 Å². The molecule has 0 aromatic heterocycles. The largest absolute Gasteiger partial charge is 0.493 e. The van der Waals surface area contributed by atoms with Crippen LogP contribution in [0.2, 0.25) is 0 Å². The highest BCUT2D eigenvalue weighted by molar-refractivity contribution is 9.10. The number of carbonyl (C=O) groups excluding carboxylic acids is 1. The average molecular weight is 359 g/mol. The molecule has 1 N–H and O–H groups in total. The Morgan fingerprint density at radius 2 is 1.95 bits per heavy atom. The minimum absolute atomic E-state index is 0.561. The van der Waals surface area contributed by atoms with Gasteiger partial charge in [0, 0.05) is 0 Å². The van der Waals surface area contributed by atoms with E-state index in [1.165, 1.54) is 6.21 Å².